The molecule has 8 heteroatoms. The van der Waals surface area contributed by atoms with E-state index in [2.05, 4.69) is 15.1 Å². The number of rotatable bonds is 6. The third kappa shape index (κ3) is 4.01. The second-order valence-corrected chi connectivity index (χ2v) is 6.92. The van der Waals surface area contributed by atoms with Crippen LogP contribution in [-0.2, 0) is 4.74 Å². The molecule has 0 atom stereocenters. The average molecular weight is 394 g/mol. The molecule has 3 aromatic heterocycles. The highest BCUT2D eigenvalue weighted by molar-refractivity contribution is 6.04. The van der Waals surface area contributed by atoms with E-state index in [4.69, 9.17) is 4.74 Å². The molecule has 3 rings (SSSR count). The van der Waals surface area contributed by atoms with Crippen LogP contribution in [0.4, 0.5) is 0 Å². The number of ketones is 2. The summed E-state index contributed by atoms with van der Waals surface area (Å²) in [5.41, 5.74) is 3.97. The molecule has 0 amide bonds. The summed E-state index contributed by atoms with van der Waals surface area (Å²) in [6.45, 7) is 8.23. The van der Waals surface area contributed by atoms with Crippen LogP contribution in [0.2, 0.25) is 0 Å². The molecule has 0 aliphatic heterocycles. The lowest BCUT2D eigenvalue weighted by molar-refractivity contribution is 0.0473. The van der Waals surface area contributed by atoms with Crippen LogP contribution in [0.25, 0.3) is 5.82 Å². The summed E-state index contributed by atoms with van der Waals surface area (Å²) in [5.74, 6) is -0.601. The van der Waals surface area contributed by atoms with Crippen LogP contribution in [0.1, 0.15) is 60.8 Å². The Morgan fingerprint density at radius 2 is 1.86 bits per heavy atom. The molecule has 0 fully saturated rings. The zero-order valence-corrected chi connectivity index (χ0v) is 17.0. The number of aryl methyl sites for hydroxylation is 3. The van der Waals surface area contributed by atoms with E-state index >= 15 is 0 Å². The predicted molar refractivity (Wildman–Crippen MR) is 106 cm³/mol. The maximum absolute atomic E-state index is 12.4. The first-order chi connectivity index (χ1) is 13.7. The molecule has 3 heterocycles. The van der Waals surface area contributed by atoms with Crippen molar-refractivity contribution in [2.45, 2.75) is 34.6 Å². The molecule has 29 heavy (non-hydrogen) atoms. The van der Waals surface area contributed by atoms with Crippen LogP contribution in [0.15, 0.2) is 24.4 Å². The highest BCUT2D eigenvalue weighted by Crippen LogP contribution is 2.19. The van der Waals surface area contributed by atoms with Gasteiger partial charge in [-0.05, 0) is 58.4 Å². The Morgan fingerprint density at radius 3 is 2.38 bits per heavy atom. The molecule has 0 aliphatic rings. The molecular formula is C21H22N4O4. The summed E-state index contributed by atoms with van der Waals surface area (Å²) in [4.78, 5) is 43.5. The largest absolute Gasteiger partial charge is 0.454 e. The molecule has 0 radical (unpaired) electrons. The standard InChI is InChI=1S/C21H22N4O4/c1-11-8-12(2)25(24-11)18-7-6-16(9-22-18)21(28)29-10-17(27)20-13(3)19(15(5)26)14(4)23-20/h6-9,23H,10H2,1-5H3. The van der Waals surface area contributed by atoms with Crippen molar-refractivity contribution in [3.8, 4) is 5.82 Å². The summed E-state index contributed by atoms with van der Waals surface area (Å²) < 4.78 is 6.80. The minimum Gasteiger partial charge on any atom is -0.454 e. The fourth-order valence-electron chi connectivity index (χ4n) is 3.34. The zero-order chi connectivity index (χ0) is 21.3. The lowest BCUT2D eigenvalue weighted by atomic mass is 10.1. The average Bonchev–Trinajstić information content (AvgIpc) is 3.17. The van der Waals surface area contributed by atoms with Crippen LogP contribution >= 0.6 is 0 Å². The Balaban J connectivity index is 1.68. The summed E-state index contributed by atoms with van der Waals surface area (Å²) >= 11 is 0. The number of aromatic amines is 1. The first-order valence-corrected chi connectivity index (χ1v) is 9.09. The van der Waals surface area contributed by atoms with Crippen molar-refractivity contribution in [2.24, 2.45) is 0 Å². The normalized spacial score (nSPS) is 10.8. The van der Waals surface area contributed by atoms with E-state index in [1.165, 1.54) is 13.1 Å². The Kier molecular flexibility index (Phi) is 5.45. The minimum absolute atomic E-state index is 0.124. The molecule has 1 N–H and O–H groups in total. The van der Waals surface area contributed by atoms with E-state index in [1.54, 1.807) is 30.7 Å². The third-order valence-electron chi connectivity index (χ3n) is 4.61. The first-order valence-electron chi connectivity index (χ1n) is 9.09. The van der Waals surface area contributed by atoms with Crippen molar-refractivity contribution in [3.05, 3.63) is 63.9 Å². The van der Waals surface area contributed by atoms with E-state index in [-0.39, 0.29) is 17.0 Å². The van der Waals surface area contributed by atoms with Crippen molar-refractivity contribution in [1.82, 2.24) is 19.7 Å². The molecule has 0 unspecified atom stereocenters. The Morgan fingerprint density at radius 1 is 1.14 bits per heavy atom. The number of carbonyl (C=O) groups is 3. The fraction of sp³-hybridized carbons (Fsp3) is 0.286. The Labute approximate surface area is 167 Å². The maximum Gasteiger partial charge on any atom is 0.340 e. The van der Waals surface area contributed by atoms with E-state index in [0.29, 0.717) is 22.6 Å². The highest BCUT2D eigenvalue weighted by Gasteiger charge is 2.21. The number of hydrogen-bond acceptors (Lipinski definition) is 6. The molecule has 8 nitrogen and oxygen atoms in total. The smallest absolute Gasteiger partial charge is 0.340 e. The summed E-state index contributed by atoms with van der Waals surface area (Å²) in [6.07, 6.45) is 1.39. The molecule has 0 bridgehead atoms. The van der Waals surface area contributed by atoms with Crippen molar-refractivity contribution in [1.29, 1.82) is 0 Å². The number of esters is 1. The highest BCUT2D eigenvalue weighted by atomic mass is 16.5. The minimum atomic E-state index is -0.654. The van der Waals surface area contributed by atoms with E-state index in [9.17, 15) is 14.4 Å². The topological polar surface area (TPSA) is 107 Å². The van der Waals surface area contributed by atoms with Gasteiger partial charge in [0.1, 0.15) is 0 Å². The van der Waals surface area contributed by atoms with E-state index in [1.807, 2.05) is 19.9 Å². The van der Waals surface area contributed by atoms with Crippen molar-refractivity contribution in [2.75, 3.05) is 6.61 Å². The van der Waals surface area contributed by atoms with Gasteiger partial charge in [-0.15, -0.1) is 0 Å². The van der Waals surface area contributed by atoms with Crippen LogP contribution in [-0.4, -0.2) is 43.9 Å². The molecule has 150 valence electrons. The van der Waals surface area contributed by atoms with Gasteiger partial charge in [0.2, 0.25) is 5.78 Å². The Hall–Kier alpha value is -3.55. The maximum atomic E-state index is 12.4. The summed E-state index contributed by atoms with van der Waals surface area (Å²) in [6, 6.07) is 5.16. The number of nitrogens with one attached hydrogen (secondary N) is 1. The third-order valence-corrected chi connectivity index (χ3v) is 4.61. The van der Waals surface area contributed by atoms with Gasteiger partial charge in [-0.3, -0.25) is 9.59 Å². The summed E-state index contributed by atoms with van der Waals surface area (Å²) in [5, 5.41) is 4.34. The van der Waals surface area contributed by atoms with Gasteiger partial charge in [-0.1, -0.05) is 0 Å². The molecule has 3 aromatic rings. The monoisotopic (exact) mass is 394 g/mol. The number of hydrogen-bond donors (Lipinski definition) is 1. The number of carbonyl (C=O) groups excluding carboxylic acids is 3. The Bertz CT molecular complexity index is 1110. The number of pyridine rings is 1. The van der Waals surface area contributed by atoms with Gasteiger partial charge in [-0.2, -0.15) is 5.10 Å². The first kappa shape index (κ1) is 20.2. The van der Waals surface area contributed by atoms with E-state index < -0.39 is 18.4 Å². The lowest BCUT2D eigenvalue weighted by Crippen LogP contribution is -2.16. The molecular weight excluding hydrogens is 372 g/mol. The number of H-pyrrole nitrogens is 1. The number of aromatic nitrogens is 4. The van der Waals surface area contributed by atoms with Gasteiger partial charge in [0, 0.05) is 23.1 Å². The SMILES string of the molecule is CC(=O)c1c(C)[nH]c(C(=O)COC(=O)c2ccc(-n3nc(C)cc3C)nc2)c1C. The van der Waals surface area contributed by atoms with Crippen molar-refractivity contribution >= 4 is 17.5 Å². The van der Waals surface area contributed by atoms with Crippen LogP contribution < -0.4 is 0 Å². The van der Waals surface area contributed by atoms with Crippen molar-refractivity contribution < 1.29 is 19.1 Å². The van der Waals surface area contributed by atoms with Crippen LogP contribution in [0, 0.1) is 27.7 Å². The van der Waals surface area contributed by atoms with Gasteiger partial charge >= 0.3 is 5.97 Å². The van der Waals surface area contributed by atoms with Crippen molar-refractivity contribution in [3.63, 3.8) is 0 Å². The van der Waals surface area contributed by atoms with Gasteiger partial charge in [-0.25, -0.2) is 14.5 Å². The molecule has 0 spiro atoms. The predicted octanol–water partition coefficient (Wildman–Crippen LogP) is 3.07. The van der Waals surface area contributed by atoms with Crippen LogP contribution in [0.3, 0.4) is 0 Å². The molecule has 0 aromatic carbocycles. The second kappa shape index (κ2) is 7.83. The van der Waals surface area contributed by atoms with E-state index in [0.717, 1.165) is 11.4 Å². The molecule has 0 saturated heterocycles. The quantitative estimate of drug-likeness (QED) is 0.509. The van der Waals surface area contributed by atoms with Gasteiger partial charge in [0.05, 0.1) is 17.0 Å². The number of ether oxygens (including phenoxy) is 1. The number of nitrogens with zero attached hydrogens (tertiary/aromatic N) is 3. The second-order valence-electron chi connectivity index (χ2n) is 6.92. The molecule has 0 saturated carbocycles. The van der Waals surface area contributed by atoms with Gasteiger partial charge in [0.25, 0.3) is 0 Å². The fourth-order valence-corrected chi connectivity index (χ4v) is 3.34. The van der Waals surface area contributed by atoms with Gasteiger partial charge in [0.15, 0.2) is 18.2 Å². The molecule has 0 aliphatic carbocycles. The van der Waals surface area contributed by atoms with Crippen LogP contribution in [0.5, 0.6) is 0 Å². The zero-order valence-electron chi connectivity index (χ0n) is 17.0. The summed E-state index contributed by atoms with van der Waals surface area (Å²) in [7, 11) is 0. The lowest BCUT2D eigenvalue weighted by Gasteiger charge is -2.06. The number of Topliss-reactive ketones (excluding diaryl/α,β-unsaturated/α-hetero) is 2. The van der Waals surface area contributed by atoms with Gasteiger partial charge < -0.3 is 9.72 Å².